The van der Waals surface area contributed by atoms with Crippen molar-refractivity contribution in [2.24, 2.45) is 0 Å². The second-order valence-corrected chi connectivity index (χ2v) is 6.06. The van der Waals surface area contributed by atoms with Gasteiger partial charge in [-0.05, 0) is 25.1 Å². The van der Waals surface area contributed by atoms with Crippen molar-refractivity contribution in [2.75, 3.05) is 0 Å². The van der Waals surface area contributed by atoms with Gasteiger partial charge in [0.25, 0.3) is 11.1 Å². The van der Waals surface area contributed by atoms with Crippen LogP contribution in [0.15, 0.2) is 27.8 Å². The summed E-state index contributed by atoms with van der Waals surface area (Å²) < 4.78 is 10.7. The lowest BCUT2D eigenvalue weighted by atomic mass is 10.3. The Morgan fingerprint density at radius 2 is 2.24 bits per heavy atom. The molecular formula is C12H10Cl2N2O4S. The van der Waals surface area contributed by atoms with E-state index in [4.69, 9.17) is 37.5 Å². The van der Waals surface area contributed by atoms with E-state index in [1.807, 2.05) is 0 Å². The number of thioether (sulfide) groups is 1. The number of benzene rings is 1. The van der Waals surface area contributed by atoms with Crippen LogP contribution in [-0.4, -0.2) is 26.5 Å². The second kappa shape index (κ2) is 7.02. The summed E-state index contributed by atoms with van der Waals surface area (Å²) in [6.07, 6.45) is 0. The first kappa shape index (κ1) is 15.9. The zero-order chi connectivity index (χ0) is 15.4. The first-order chi connectivity index (χ1) is 9.95. The van der Waals surface area contributed by atoms with E-state index in [0.717, 1.165) is 11.8 Å². The molecule has 21 heavy (non-hydrogen) atoms. The lowest BCUT2D eigenvalue weighted by Crippen LogP contribution is -2.10. The van der Waals surface area contributed by atoms with Crippen molar-refractivity contribution in [1.29, 1.82) is 0 Å². The maximum Gasteiger partial charge on any atom is 0.316 e. The minimum absolute atomic E-state index is 0.0242. The van der Waals surface area contributed by atoms with Crippen molar-refractivity contribution >= 4 is 40.9 Å². The highest BCUT2D eigenvalue weighted by Gasteiger charge is 2.17. The Balaban J connectivity index is 1.95. The molecule has 0 unspecified atom stereocenters. The number of rotatable bonds is 6. The normalized spacial score (nSPS) is 12.1. The molecule has 1 atom stereocenters. The summed E-state index contributed by atoms with van der Waals surface area (Å²) in [4.78, 5) is 10.7. The average Bonchev–Trinajstić information content (AvgIpc) is 2.85. The molecule has 2 rings (SSSR count). The van der Waals surface area contributed by atoms with Crippen molar-refractivity contribution in [3.8, 4) is 5.75 Å². The Bertz CT molecular complexity index is 650. The number of carboxylic acids is 1. The van der Waals surface area contributed by atoms with E-state index >= 15 is 0 Å². The number of aromatic nitrogens is 2. The van der Waals surface area contributed by atoms with Gasteiger partial charge in [0, 0.05) is 5.02 Å². The Labute approximate surface area is 134 Å². The summed E-state index contributed by atoms with van der Waals surface area (Å²) in [5, 5.41) is 16.7. The molecule has 1 aromatic heterocycles. The molecule has 0 aliphatic rings. The third-order valence-electron chi connectivity index (χ3n) is 2.32. The molecule has 1 heterocycles. The number of halogens is 2. The van der Waals surface area contributed by atoms with Crippen molar-refractivity contribution in [2.45, 2.75) is 24.0 Å². The monoisotopic (exact) mass is 348 g/mol. The average molecular weight is 349 g/mol. The first-order valence-electron chi connectivity index (χ1n) is 5.75. The molecule has 112 valence electrons. The highest BCUT2D eigenvalue weighted by molar-refractivity contribution is 8.00. The van der Waals surface area contributed by atoms with Crippen molar-refractivity contribution in [1.82, 2.24) is 10.2 Å². The first-order valence-corrected chi connectivity index (χ1v) is 7.39. The van der Waals surface area contributed by atoms with Gasteiger partial charge in [-0.15, -0.1) is 10.2 Å². The fraction of sp³-hybridized carbons (Fsp3) is 0.250. The number of ether oxygens (including phenoxy) is 1. The van der Waals surface area contributed by atoms with Gasteiger partial charge >= 0.3 is 5.97 Å². The lowest BCUT2D eigenvalue weighted by molar-refractivity contribution is -0.136. The summed E-state index contributed by atoms with van der Waals surface area (Å²) >= 11 is 12.7. The summed E-state index contributed by atoms with van der Waals surface area (Å²) in [5.41, 5.74) is 0. The van der Waals surface area contributed by atoms with Crippen LogP contribution < -0.4 is 4.74 Å². The number of hydrogen-bond acceptors (Lipinski definition) is 6. The predicted octanol–water partition coefficient (Wildman–Crippen LogP) is 3.52. The number of carbonyl (C=O) groups is 1. The van der Waals surface area contributed by atoms with E-state index in [-0.39, 0.29) is 17.7 Å². The quantitative estimate of drug-likeness (QED) is 0.799. The van der Waals surface area contributed by atoms with Crippen LogP contribution in [0.4, 0.5) is 0 Å². The minimum atomic E-state index is -0.955. The Morgan fingerprint density at radius 1 is 1.48 bits per heavy atom. The van der Waals surface area contributed by atoms with Gasteiger partial charge in [0.1, 0.15) is 11.0 Å². The number of aliphatic carboxylic acids is 1. The molecule has 0 fully saturated rings. The van der Waals surface area contributed by atoms with Gasteiger partial charge in [-0.2, -0.15) is 0 Å². The molecule has 0 saturated heterocycles. The largest absolute Gasteiger partial charge is 0.482 e. The summed E-state index contributed by atoms with van der Waals surface area (Å²) in [6.45, 7) is 1.55. The summed E-state index contributed by atoms with van der Waals surface area (Å²) in [5.74, 6) is -0.294. The molecule has 2 aromatic rings. The smallest absolute Gasteiger partial charge is 0.316 e. The maximum atomic E-state index is 10.7. The molecule has 0 bridgehead atoms. The van der Waals surface area contributed by atoms with Crippen LogP contribution in [0.25, 0.3) is 0 Å². The van der Waals surface area contributed by atoms with Gasteiger partial charge < -0.3 is 14.3 Å². The van der Waals surface area contributed by atoms with Crippen LogP contribution in [0.3, 0.4) is 0 Å². The molecule has 0 aliphatic heterocycles. The van der Waals surface area contributed by atoms with E-state index in [1.54, 1.807) is 18.2 Å². The van der Waals surface area contributed by atoms with E-state index < -0.39 is 11.2 Å². The zero-order valence-electron chi connectivity index (χ0n) is 10.7. The van der Waals surface area contributed by atoms with E-state index in [0.29, 0.717) is 15.8 Å². The van der Waals surface area contributed by atoms with Gasteiger partial charge in [-0.1, -0.05) is 35.0 Å². The maximum absolute atomic E-state index is 10.7. The SMILES string of the molecule is C[C@@H](Sc1nnc(COc2ccc(Cl)cc2Cl)o1)C(=O)O. The summed E-state index contributed by atoms with van der Waals surface area (Å²) in [6, 6.07) is 4.83. The number of carboxylic acid groups (broad SMARTS) is 1. The van der Waals surface area contributed by atoms with Crippen molar-refractivity contribution < 1.29 is 19.1 Å². The van der Waals surface area contributed by atoms with Crippen LogP contribution in [0, 0.1) is 0 Å². The lowest BCUT2D eigenvalue weighted by Gasteiger charge is -2.05. The highest BCUT2D eigenvalue weighted by Crippen LogP contribution is 2.28. The fourth-order valence-corrected chi connectivity index (χ4v) is 2.38. The van der Waals surface area contributed by atoms with Gasteiger partial charge in [-0.3, -0.25) is 4.79 Å². The standard InChI is InChI=1S/C12H10Cl2N2O4S/c1-6(11(17)18)21-12-16-15-10(20-12)5-19-9-3-2-7(13)4-8(9)14/h2-4,6H,5H2,1H3,(H,17,18)/t6-/m1/s1. The van der Waals surface area contributed by atoms with Crippen LogP contribution >= 0.6 is 35.0 Å². The molecule has 1 aromatic carbocycles. The molecular weight excluding hydrogens is 339 g/mol. The molecule has 0 radical (unpaired) electrons. The number of hydrogen-bond donors (Lipinski definition) is 1. The molecule has 0 aliphatic carbocycles. The Kier molecular flexibility index (Phi) is 5.33. The van der Waals surface area contributed by atoms with E-state index in [2.05, 4.69) is 10.2 Å². The highest BCUT2D eigenvalue weighted by atomic mass is 35.5. The predicted molar refractivity (Wildman–Crippen MR) is 78.0 cm³/mol. The van der Waals surface area contributed by atoms with Crippen LogP contribution in [0.2, 0.25) is 10.0 Å². The third-order valence-corrected chi connectivity index (χ3v) is 3.77. The van der Waals surface area contributed by atoms with Crippen molar-refractivity contribution in [3.63, 3.8) is 0 Å². The van der Waals surface area contributed by atoms with E-state index in [9.17, 15) is 4.79 Å². The number of nitrogens with zero attached hydrogens (tertiary/aromatic N) is 2. The summed E-state index contributed by atoms with van der Waals surface area (Å²) in [7, 11) is 0. The van der Waals surface area contributed by atoms with Gasteiger partial charge in [0.05, 0.1) is 5.02 Å². The van der Waals surface area contributed by atoms with Crippen LogP contribution in [-0.2, 0) is 11.4 Å². The van der Waals surface area contributed by atoms with Crippen molar-refractivity contribution in [3.05, 3.63) is 34.1 Å². The third kappa shape index (κ3) is 4.52. The molecule has 9 heteroatoms. The second-order valence-electron chi connectivity index (χ2n) is 3.92. The Hall–Kier alpha value is -1.44. The molecule has 0 spiro atoms. The molecule has 6 nitrogen and oxygen atoms in total. The molecule has 0 saturated carbocycles. The minimum Gasteiger partial charge on any atom is -0.482 e. The molecule has 0 amide bonds. The van der Waals surface area contributed by atoms with Gasteiger partial charge in [0.2, 0.25) is 0 Å². The van der Waals surface area contributed by atoms with Gasteiger partial charge in [0.15, 0.2) is 6.61 Å². The zero-order valence-corrected chi connectivity index (χ0v) is 13.1. The topological polar surface area (TPSA) is 85.5 Å². The van der Waals surface area contributed by atoms with Gasteiger partial charge in [-0.25, -0.2) is 0 Å². The Morgan fingerprint density at radius 3 is 2.90 bits per heavy atom. The molecule has 1 N–H and O–H groups in total. The van der Waals surface area contributed by atoms with Crippen LogP contribution in [0.5, 0.6) is 5.75 Å². The van der Waals surface area contributed by atoms with Crippen LogP contribution in [0.1, 0.15) is 12.8 Å². The van der Waals surface area contributed by atoms with E-state index in [1.165, 1.54) is 6.92 Å². The fourth-order valence-electron chi connectivity index (χ4n) is 1.28.